The van der Waals surface area contributed by atoms with Crippen LogP contribution >= 0.6 is 0 Å². The van der Waals surface area contributed by atoms with E-state index in [-0.39, 0.29) is 0 Å². The van der Waals surface area contributed by atoms with Crippen LogP contribution in [0.1, 0.15) is 51.2 Å². The fraction of sp³-hybridized carbons (Fsp3) is 0.259. The van der Waals surface area contributed by atoms with Gasteiger partial charge in [-0.25, -0.2) is 0 Å². The third kappa shape index (κ3) is 3.62. The third-order valence-corrected chi connectivity index (χ3v) is 5.50. The molecule has 4 aromatic rings. The van der Waals surface area contributed by atoms with Crippen molar-refractivity contribution in [3.8, 4) is 11.1 Å². The molecule has 4 aromatic carbocycles. The molecule has 138 valence electrons. The van der Waals surface area contributed by atoms with Gasteiger partial charge in [0, 0.05) is 0 Å². The molecule has 0 aliphatic carbocycles. The molecule has 0 N–H and O–H groups in total. The molecule has 0 aliphatic heterocycles. The molecule has 0 bridgehead atoms. The first-order valence-corrected chi connectivity index (χ1v) is 10.2. The predicted octanol–water partition coefficient (Wildman–Crippen LogP) is 8.51. The van der Waals surface area contributed by atoms with Crippen LogP contribution in [0.2, 0.25) is 0 Å². The minimum Gasteiger partial charge on any atom is -0.0683 e. The normalized spacial score (nSPS) is 11.9. The van der Waals surface area contributed by atoms with Crippen LogP contribution in [0.15, 0.2) is 72.8 Å². The van der Waals surface area contributed by atoms with Gasteiger partial charge in [-0.2, -0.15) is 0 Å². The Labute approximate surface area is 163 Å². The van der Waals surface area contributed by atoms with E-state index in [0.29, 0.717) is 5.92 Å². The summed E-state index contributed by atoms with van der Waals surface area (Å²) >= 11 is 0. The van der Waals surface area contributed by atoms with Crippen molar-refractivity contribution in [2.24, 2.45) is 0 Å². The molecule has 0 radical (unpaired) electrons. The lowest BCUT2D eigenvalue weighted by molar-refractivity contribution is 0.728. The molecule has 27 heavy (non-hydrogen) atoms. The number of fused-ring (bicyclic) bond motifs is 3. The molecule has 1 atom stereocenters. The Kier molecular flexibility index (Phi) is 5.96. The van der Waals surface area contributed by atoms with Crippen molar-refractivity contribution in [1.29, 1.82) is 0 Å². The Hall–Kier alpha value is -2.60. The van der Waals surface area contributed by atoms with Crippen molar-refractivity contribution >= 4 is 21.5 Å². The average molecular weight is 355 g/mol. The molecule has 0 heterocycles. The predicted molar refractivity (Wildman–Crippen MR) is 122 cm³/mol. The molecule has 0 fully saturated rings. The van der Waals surface area contributed by atoms with Gasteiger partial charge in [0.05, 0.1) is 0 Å². The van der Waals surface area contributed by atoms with E-state index in [1.807, 2.05) is 13.8 Å². The van der Waals surface area contributed by atoms with E-state index in [4.69, 9.17) is 0 Å². The summed E-state index contributed by atoms with van der Waals surface area (Å²) in [6.07, 6.45) is 1.17. The summed E-state index contributed by atoms with van der Waals surface area (Å²) < 4.78 is 0. The van der Waals surface area contributed by atoms with Crippen LogP contribution < -0.4 is 0 Å². The molecule has 0 nitrogen and oxygen atoms in total. The highest BCUT2D eigenvalue weighted by Gasteiger charge is 2.12. The second kappa shape index (κ2) is 8.39. The fourth-order valence-electron chi connectivity index (χ4n) is 3.85. The number of aryl methyl sites for hydroxylation is 1. The molecular weight excluding hydrogens is 324 g/mol. The molecule has 0 saturated carbocycles. The lowest BCUT2D eigenvalue weighted by Crippen LogP contribution is -1.96. The zero-order chi connectivity index (χ0) is 19.4. The zero-order valence-corrected chi connectivity index (χ0v) is 17.2. The van der Waals surface area contributed by atoms with Crippen LogP contribution in [-0.4, -0.2) is 0 Å². The van der Waals surface area contributed by atoms with Crippen LogP contribution in [0.3, 0.4) is 0 Å². The van der Waals surface area contributed by atoms with Crippen LogP contribution in [-0.2, 0) is 0 Å². The number of benzene rings is 4. The molecule has 4 rings (SSSR count). The van der Waals surface area contributed by atoms with E-state index in [2.05, 4.69) is 93.6 Å². The van der Waals surface area contributed by atoms with Crippen LogP contribution in [0, 0.1) is 6.92 Å². The van der Waals surface area contributed by atoms with Gasteiger partial charge in [-0.3, -0.25) is 0 Å². The molecule has 1 unspecified atom stereocenters. The van der Waals surface area contributed by atoms with E-state index in [0.717, 1.165) is 0 Å². The van der Waals surface area contributed by atoms with E-state index >= 15 is 0 Å². The lowest BCUT2D eigenvalue weighted by atomic mass is 9.88. The summed E-state index contributed by atoms with van der Waals surface area (Å²) in [7, 11) is 0. The number of rotatable bonds is 3. The number of hydrogen-bond donors (Lipinski definition) is 0. The van der Waals surface area contributed by atoms with Gasteiger partial charge in [0.1, 0.15) is 0 Å². The summed E-state index contributed by atoms with van der Waals surface area (Å²) in [6, 6.07) is 26.8. The van der Waals surface area contributed by atoms with Gasteiger partial charge in [-0.05, 0) is 69.1 Å². The molecule has 0 amide bonds. The Balaban J connectivity index is 0.00000102. The number of hydrogen-bond acceptors (Lipinski definition) is 0. The minimum absolute atomic E-state index is 0.590. The monoisotopic (exact) mass is 354 g/mol. The van der Waals surface area contributed by atoms with E-state index in [1.165, 1.54) is 50.2 Å². The average Bonchev–Trinajstić information content (AvgIpc) is 2.74. The minimum atomic E-state index is 0.590. The second-order valence-electron chi connectivity index (χ2n) is 7.07. The van der Waals surface area contributed by atoms with Crippen LogP contribution in [0.4, 0.5) is 0 Å². The van der Waals surface area contributed by atoms with E-state index in [1.54, 1.807) is 0 Å². The molecule has 0 aromatic heterocycles. The summed E-state index contributed by atoms with van der Waals surface area (Å²) in [4.78, 5) is 0. The first-order valence-electron chi connectivity index (χ1n) is 10.2. The van der Waals surface area contributed by atoms with Crippen LogP contribution in [0.25, 0.3) is 32.7 Å². The molecule has 0 heteroatoms. The van der Waals surface area contributed by atoms with Crippen molar-refractivity contribution in [3.05, 3.63) is 83.9 Å². The maximum atomic E-state index is 2.40. The molecule has 0 saturated heterocycles. The quantitative estimate of drug-likeness (QED) is 0.323. The van der Waals surface area contributed by atoms with Crippen molar-refractivity contribution in [2.75, 3.05) is 0 Å². The van der Waals surface area contributed by atoms with Gasteiger partial charge in [0.15, 0.2) is 0 Å². The second-order valence-corrected chi connectivity index (χ2v) is 7.07. The SMILES string of the molecule is CC.CCC(C)c1cc(-c2cc3ccccc3c3ccccc23)ccc1C. The highest BCUT2D eigenvalue weighted by molar-refractivity contribution is 6.13. The largest absolute Gasteiger partial charge is 0.0683 e. The highest BCUT2D eigenvalue weighted by atomic mass is 14.2. The van der Waals surface area contributed by atoms with Gasteiger partial charge < -0.3 is 0 Å². The Morgan fingerprint density at radius 3 is 2.07 bits per heavy atom. The Morgan fingerprint density at radius 2 is 1.37 bits per heavy atom. The maximum Gasteiger partial charge on any atom is -0.00989 e. The molecule has 0 spiro atoms. The standard InChI is InChI=1S/C25H24.C2H6/c1-4-17(2)24-15-20(14-13-18(24)3)25-16-19-9-5-6-10-21(19)22-11-7-8-12-23(22)25;1-2/h5-17H,4H2,1-3H3;1-2H3. The molecular formula is C27H30. The summed E-state index contributed by atoms with van der Waals surface area (Å²) in [6.45, 7) is 10.8. The van der Waals surface area contributed by atoms with E-state index < -0.39 is 0 Å². The van der Waals surface area contributed by atoms with Crippen LogP contribution in [0.5, 0.6) is 0 Å². The zero-order valence-electron chi connectivity index (χ0n) is 17.2. The van der Waals surface area contributed by atoms with Gasteiger partial charge in [-0.15, -0.1) is 0 Å². The topological polar surface area (TPSA) is 0 Å². The lowest BCUT2D eigenvalue weighted by Gasteiger charge is -2.16. The smallest absolute Gasteiger partial charge is 0.00989 e. The van der Waals surface area contributed by atoms with Crippen molar-refractivity contribution < 1.29 is 0 Å². The van der Waals surface area contributed by atoms with E-state index in [9.17, 15) is 0 Å². The summed E-state index contributed by atoms with van der Waals surface area (Å²) in [5.41, 5.74) is 5.52. The van der Waals surface area contributed by atoms with Gasteiger partial charge >= 0.3 is 0 Å². The van der Waals surface area contributed by atoms with Crippen molar-refractivity contribution in [3.63, 3.8) is 0 Å². The van der Waals surface area contributed by atoms with Crippen molar-refractivity contribution in [2.45, 2.75) is 47.0 Å². The molecule has 0 aliphatic rings. The van der Waals surface area contributed by atoms with Gasteiger partial charge in [0.2, 0.25) is 0 Å². The maximum absolute atomic E-state index is 2.40. The summed E-state index contributed by atoms with van der Waals surface area (Å²) in [5.74, 6) is 0.590. The first-order chi connectivity index (χ1) is 13.2. The van der Waals surface area contributed by atoms with Gasteiger partial charge in [0.25, 0.3) is 0 Å². The third-order valence-electron chi connectivity index (χ3n) is 5.50. The highest BCUT2D eigenvalue weighted by Crippen LogP contribution is 2.36. The Morgan fingerprint density at radius 1 is 0.741 bits per heavy atom. The fourth-order valence-corrected chi connectivity index (χ4v) is 3.85. The first kappa shape index (κ1) is 19.2. The Bertz CT molecular complexity index is 1060. The van der Waals surface area contributed by atoms with Gasteiger partial charge in [-0.1, -0.05) is 94.4 Å². The van der Waals surface area contributed by atoms with Crippen molar-refractivity contribution in [1.82, 2.24) is 0 Å². The summed E-state index contributed by atoms with van der Waals surface area (Å²) in [5, 5.41) is 5.30.